The van der Waals surface area contributed by atoms with E-state index in [-0.39, 0.29) is 12.1 Å². The maximum atomic E-state index is 11.4. The molecule has 0 radical (unpaired) electrons. The Morgan fingerprint density at radius 2 is 2.37 bits per heavy atom. The summed E-state index contributed by atoms with van der Waals surface area (Å²) in [6.07, 6.45) is 1.34. The average molecular weight is 264 g/mol. The average Bonchev–Trinajstić information content (AvgIpc) is 2.82. The minimum Gasteiger partial charge on any atom is -0.465 e. The molecule has 1 fully saturated rings. The number of nitrogen functional groups attached to an aromatic ring is 1. The Bertz CT molecular complexity index is 462. The van der Waals surface area contributed by atoms with Crippen molar-refractivity contribution in [2.75, 3.05) is 31.3 Å². The number of hydrogen-bond donors (Lipinski definition) is 2. The van der Waals surface area contributed by atoms with Crippen molar-refractivity contribution in [2.45, 2.75) is 19.4 Å². The molecule has 1 saturated heterocycles. The third-order valence-electron chi connectivity index (χ3n) is 3.56. The number of carbonyl (C=O) groups is 1. The first-order valence-corrected chi connectivity index (χ1v) is 6.45. The normalized spacial score (nSPS) is 22.2. The molecule has 0 amide bonds. The highest BCUT2D eigenvalue weighted by Gasteiger charge is 2.23. The lowest BCUT2D eigenvalue weighted by molar-refractivity contribution is 0.0601. The molecule has 0 aromatic heterocycles. The number of nitrogens with two attached hydrogens (primary N) is 1. The zero-order valence-electron chi connectivity index (χ0n) is 11.3. The molecule has 3 N–H and O–H groups in total. The predicted octanol–water partition coefficient (Wildman–Crippen LogP) is 1.89. The van der Waals surface area contributed by atoms with E-state index in [4.69, 9.17) is 10.5 Å². The molecule has 2 rings (SSSR count). The van der Waals surface area contributed by atoms with Crippen molar-refractivity contribution in [1.82, 2.24) is 0 Å². The van der Waals surface area contributed by atoms with Gasteiger partial charge in [0, 0.05) is 19.1 Å². The molecule has 0 aliphatic carbocycles. The van der Waals surface area contributed by atoms with Gasteiger partial charge < -0.3 is 20.5 Å². The van der Waals surface area contributed by atoms with E-state index >= 15 is 0 Å². The van der Waals surface area contributed by atoms with Crippen LogP contribution in [-0.2, 0) is 9.47 Å². The monoisotopic (exact) mass is 264 g/mol. The lowest BCUT2D eigenvalue weighted by Gasteiger charge is -2.17. The first kappa shape index (κ1) is 13.7. The fourth-order valence-corrected chi connectivity index (χ4v) is 2.25. The summed E-state index contributed by atoms with van der Waals surface area (Å²) in [4.78, 5) is 11.4. The van der Waals surface area contributed by atoms with Gasteiger partial charge in [-0.25, -0.2) is 4.79 Å². The van der Waals surface area contributed by atoms with Gasteiger partial charge in [0.15, 0.2) is 0 Å². The standard InChI is InChI=1S/C14H20N2O3/c1-9-11(5-6-19-9)8-16-13-4-3-10(7-12(13)15)14(17)18-2/h3-4,7,9,11,16H,5-6,8,15H2,1-2H3. The van der Waals surface area contributed by atoms with Gasteiger partial charge >= 0.3 is 5.97 Å². The van der Waals surface area contributed by atoms with Crippen LogP contribution in [0.25, 0.3) is 0 Å². The zero-order valence-corrected chi connectivity index (χ0v) is 11.3. The number of methoxy groups -OCH3 is 1. The SMILES string of the molecule is COC(=O)c1ccc(NCC2CCOC2C)c(N)c1. The summed E-state index contributed by atoms with van der Waals surface area (Å²) in [5.74, 6) is 0.121. The first-order valence-electron chi connectivity index (χ1n) is 6.45. The van der Waals surface area contributed by atoms with Crippen LogP contribution in [0.1, 0.15) is 23.7 Å². The van der Waals surface area contributed by atoms with Crippen molar-refractivity contribution < 1.29 is 14.3 Å². The van der Waals surface area contributed by atoms with E-state index in [2.05, 4.69) is 17.0 Å². The molecule has 1 heterocycles. The number of hydrogen-bond acceptors (Lipinski definition) is 5. The fourth-order valence-electron chi connectivity index (χ4n) is 2.25. The topological polar surface area (TPSA) is 73.6 Å². The highest BCUT2D eigenvalue weighted by molar-refractivity contribution is 5.91. The van der Waals surface area contributed by atoms with Crippen LogP contribution in [0.15, 0.2) is 18.2 Å². The Kier molecular flexibility index (Phi) is 4.27. The van der Waals surface area contributed by atoms with Gasteiger partial charge in [-0.3, -0.25) is 0 Å². The molecular weight excluding hydrogens is 244 g/mol. The first-order chi connectivity index (χ1) is 9.11. The van der Waals surface area contributed by atoms with E-state index in [0.29, 0.717) is 17.2 Å². The highest BCUT2D eigenvalue weighted by Crippen LogP contribution is 2.24. The molecule has 104 valence electrons. The molecule has 1 aliphatic rings. The minimum absolute atomic E-state index is 0.281. The molecule has 19 heavy (non-hydrogen) atoms. The summed E-state index contributed by atoms with van der Waals surface area (Å²) in [5, 5.41) is 3.31. The molecular formula is C14H20N2O3. The smallest absolute Gasteiger partial charge is 0.337 e. The van der Waals surface area contributed by atoms with Crippen molar-refractivity contribution in [2.24, 2.45) is 5.92 Å². The Morgan fingerprint density at radius 3 is 2.95 bits per heavy atom. The van der Waals surface area contributed by atoms with Crippen LogP contribution in [0, 0.1) is 5.92 Å². The highest BCUT2D eigenvalue weighted by atomic mass is 16.5. The maximum Gasteiger partial charge on any atom is 0.337 e. The van der Waals surface area contributed by atoms with Gasteiger partial charge in [-0.05, 0) is 31.5 Å². The number of rotatable bonds is 4. The Balaban J connectivity index is 1.99. The molecule has 0 saturated carbocycles. The molecule has 1 aromatic rings. The van der Waals surface area contributed by atoms with Gasteiger partial charge in [0.2, 0.25) is 0 Å². The van der Waals surface area contributed by atoms with E-state index in [1.54, 1.807) is 12.1 Å². The molecule has 5 nitrogen and oxygen atoms in total. The van der Waals surface area contributed by atoms with Crippen molar-refractivity contribution >= 4 is 17.3 Å². The molecule has 1 aromatic carbocycles. The van der Waals surface area contributed by atoms with Crippen molar-refractivity contribution in [3.05, 3.63) is 23.8 Å². The summed E-state index contributed by atoms with van der Waals surface area (Å²) in [6.45, 7) is 3.73. The van der Waals surface area contributed by atoms with Gasteiger partial charge in [0.05, 0.1) is 30.2 Å². The van der Waals surface area contributed by atoms with Crippen LogP contribution in [0.2, 0.25) is 0 Å². The number of ether oxygens (including phenoxy) is 2. The molecule has 0 spiro atoms. The van der Waals surface area contributed by atoms with Crippen LogP contribution in [0.3, 0.4) is 0 Å². The van der Waals surface area contributed by atoms with Crippen molar-refractivity contribution in [3.63, 3.8) is 0 Å². The van der Waals surface area contributed by atoms with Crippen LogP contribution in [0.4, 0.5) is 11.4 Å². The van der Waals surface area contributed by atoms with E-state index in [1.807, 2.05) is 6.07 Å². The number of benzene rings is 1. The van der Waals surface area contributed by atoms with Gasteiger partial charge in [-0.15, -0.1) is 0 Å². The predicted molar refractivity (Wildman–Crippen MR) is 74.2 cm³/mol. The summed E-state index contributed by atoms with van der Waals surface area (Å²) >= 11 is 0. The van der Waals surface area contributed by atoms with Crippen LogP contribution in [0.5, 0.6) is 0 Å². The number of esters is 1. The van der Waals surface area contributed by atoms with Crippen LogP contribution in [-0.4, -0.2) is 32.3 Å². The van der Waals surface area contributed by atoms with E-state index in [1.165, 1.54) is 7.11 Å². The van der Waals surface area contributed by atoms with Crippen LogP contribution >= 0.6 is 0 Å². The molecule has 0 bridgehead atoms. The largest absolute Gasteiger partial charge is 0.465 e. The lowest BCUT2D eigenvalue weighted by atomic mass is 10.0. The lowest BCUT2D eigenvalue weighted by Crippen LogP contribution is -2.21. The second-order valence-electron chi connectivity index (χ2n) is 4.80. The summed E-state index contributed by atoms with van der Waals surface area (Å²) in [7, 11) is 1.35. The quantitative estimate of drug-likeness (QED) is 0.641. The Morgan fingerprint density at radius 1 is 1.58 bits per heavy atom. The Hall–Kier alpha value is -1.75. The molecule has 2 unspecified atom stereocenters. The molecule has 5 heteroatoms. The van der Waals surface area contributed by atoms with Crippen LogP contribution < -0.4 is 11.1 Å². The summed E-state index contributed by atoms with van der Waals surface area (Å²) in [5.41, 5.74) is 7.78. The van der Waals surface area contributed by atoms with Crippen molar-refractivity contribution in [1.29, 1.82) is 0 Å². The summed E-state index contributed by atoms with van der Waals surface area (Å²) in [6, 6.07) is 5.14. The number of anilines is 2. The zero-order chi connectivity index (χ0) is 13.8. The van der Waals surface area contributed by atoms with E-state index in [0.717, 1.165) is 25.3 Å². The van der Waals surface area contributed by atoms with Gasteiger partial charge in [0.25, 0.3) is 0 Å². The second-order valence-corrected chi connectivity index (χ2v) is 4.80. The third kappa shape index (κ3) is 3.17. The Labute approximate surface area is 113 Å². The fraction of sp³-hybridized carbons (Fsp3) is 0.500. The minimum atomic E-state index is -0.379. The van der Waals surface area contributed by atoms with Gasteiger partial charge in [0.1, 0.15) is 0 Å². The van der Waals surface area contributed by atoms with E-state index < -0.39 is 0 Å². The summed E-state index contributed by atoms with van der Waals surface area (Å²) < 4.78 is 10.2. The number of carbonyl (C=O) groups excluding carboxylic acids is 1. The maximum absolute atomic E-state index is 11.4. The van der Waals surface area contributed by atoms with Gasteiger partial charge in [-0.1, -0.05) is 0 Å². The van der Waals surface area contributed by atoms with E-state index in [9.17, 15) is 4.79 Å². The second kappa shape index (κ2) is 5.93. The third-order valence-corrected chi connectivity index (χ3v) is 3.56. The molecule has 2 atom stereocenters. The molecule has 1 aliphatic heterocycles. The van der Waals surface area contributed by atoms with Gasteiger partial charge in [-0.2, -0.15) is 0 Å². The van der Waals surface area contributed by atoms with Crippen molar-refractivity contribution in [3.8, 4) is 0 Å². The number of nitrogens with one attached hydrogen (secondary N) is 1.